The highest BCUT2D eigenvalue weighted by atomic mass is 32.2. The molecule has 2 unspecified atom stereocenters. The first-order valence-electron chi connectivity index (χ1n) is 3.53. The van der Waals surface area contributed by atoms with Crippen molar-refractivity contribution in [3.63, 3.8) is 0 Å². The lowest BCUT2D eigenvalue weighted by atomic mass is 9.90. The molecular weight excluding hydrogens is 128 g/mol. The SMILES string of the molecule is C#CC12CCCCC1S2. The Bertz CT molecular complexity index is 168. The van der Waals surface area contributed by atoms with Gasteiger partial charge in [-0.3, -0.25) is 0 Å². The molecule has 1 heteroatoms. The summed E-state index contributed by atoms with van der Waals surface area (Å²) in [6.07, 6.45) is 10.8. The number of rotatable bonds is 0. The Morgan fingerprint density at radius 3 is 3.00 bits per heavy atom. The van der Waals surface area contributed by atoms with E-state index in [4.69, 9.17) is 6.42 Å². The fraction of sp³-hybridized carbons (Fsp3) is 0.750. The number of thioether (sulfide) groups is 1. The molecule has 1 saturated carbocycles. The van der Waals surface area contributed by atoms with Crippen LogP contribution in [0.5, 0.6) is 0 Å². The molecule has 0 spiro atoms. The molecule has 1 heterocycles. The molecule has 2 fully saturated rings. The van der Waals surface area contributed by atoms with Crippen LogP contribution in [0.4, 0.5) is 0 Å². The van der Waals surface area contributed by atoms with E-state index in [0.29, 0.717) is 4.75 Å². The highest BCUT2D eigenvalue weighted by Crippen LogP contribution is 2.60. The van der Waals surface area contributed by atoms with Crippen LogP contribution in [0.25, 0.3) is 0 Å². The van der Waals surface area contributed by atoms with Crippen molar-refractivity contribution in [1.82, 2.24) is 0 Å². The molecule has 1 aliphatic carbocycles. The molecule has 48 valence electrons. The van der Waals surface area contributed by atoms with Gasteiger partial charge in [0, 0.05) is 5.25 Å². The van der Waals surface area contributed by atoms with E-state index in [1.54, 1.807) is 0 Å². The zero-order chi connectivity index (χ0) is 6.32. The normalized spacial score (nSPS) is 47.2. The fourth-order valence-electron chi connectivity index (χ4n) is 1.65. The van der Waals surface area contributed by atoms with Crippen LogP contribution in [-0.2, 0) is 0 Å². The van der Waals surface area contributed by atoms with Crippen molar-refractivity contribution in [2.24, 2.45) is 0 Å². The van der Waals surface area contributed by atoms with E-state index < -0.39 is 0 Å². The zero-order valence-electron chi connectivity index (χ0n) is 5.39. The minimum Gasteiger partial charge on any atom is -0.135 e. The minimum atomic E-state index is 0.332. The molecule has 0 amide bonds. The summed E-state index contributed by atoms with van der Waals surface area (Å²) in [6, 6.07) is 0. The van der Waals surface area contributed by atoms with Gasteiger partial charge in [-0.1, -0.05) is 18.8 Å². The molecule has 0 N–H and O–H groups in total. The Morgan fingerprint density at radius 2 is 2.44 bits per heavy atom. The lowest BCUT2D eigenvalue weighted by Gasteiger charge is -2.12. The van der Waals surface area contributed by atoms with Gasteiger partial charge in [-0.05, 0) is 12.8 Å². The summed E-state index contributed by atoms with van der Waals surface area (Å²) in [6.45, 7) is 0. The van der Waals surface area contributed by atoms with Gasteiger partial charge < -0.3 is 0 Å². The summed E-state index contributed by atoms with van der Waals surface area (Å²) in [5.41, 5.74) is 0. The van der Waals surface area contributed by atoms with Crippen molar-refractivity contribution < 1.29 is 0 Å². The first-order valence-corrected chi connectivity index (χ1v) is 4.41. The lowest BCUT2D eigenvalue weighted by molar-refractivity contribution is 0.525. The molecule has 1 saturated heterocycles. The Hall–Kier alpha value is -0.0900. The Labute approximate surface area is 60.4 Å². The van der Waals surface area contributed by atoms with Gasteiger partial charge in [0.05, 0.1) is 4.75 Å². The van der Waals surface area contributed by atoms with Gasteiger partial charge in [0.2, 0.25) is 0 Å². The van der Waals surface area contributed by atoms with Crippen LogP contribution in [0, 0.1) is 12.3 Å². The maximum atomic E-state index is 5.41. The molecule has 0 bridgehead atoms. The third-order valence-corrected chi connectivity index (χ3v) is 4.02. The molecular formula is C8H10S. The Balaban J connectivity index is 2.11. The molecule has 1 aliphatic heterocycles. The van der Waals surface area contributed by atoms with Crippen LogP contribution >= 0.6 is 11.8 Å². The average molecular weight is 138 g/mol. The second kappa shape index (κ2) is 1.70. The van der Waals surface area contributed by atoms with Crippen molar-refractivity contribution in [3.05, 3.63) is 0 Å². The maximum Gasteiger partial charge on any atom is 0.0884 e. The third-order valence-electron chi connectivity index (χ3n) is 2.32. The van der Waals surface area contributed by atoms with E-state index in [1.165, 1.54) is 25.7 Å². The summed E-state index contributed by atoms with van der Waals surface area (Å²) in [5.74, 6) is 2.92. The van der Waals surface area contributed by atoms with Gasteiger partial charge in [-0.2, -0.15) is 0 Å². The van der Waals surface area contributed by atoms with E-state index in [-0.39, 0.29) is 0 Å². The van der Waals surface area contributed by atoms with Crippen molar-refractivity contribution in [2.45, 2.75) is 35.7 Å². The van der Waals surface area contributed by atoms with Crippen LogP contribution in [0.3, 0.4) is 0 Å². The molecule has 2 atom stereocenters. The maximum absolute atomic E-state index is 5.41. The lowest BCUT2D eigenvalue weighted by Crippen LogP contribution is -2.15. The van der Waals surface area contributed by atoms with Crippen LogP contribution in [0.1, 0.15) is 25.7 Å². The Morgan fingerprint density at radius 1 is 1.56 bits per heavy atom. The standard InChI is InChI=1S/C8H10S/c1-2-8-6-4-3-5-7(8)9-8/h1,7H,3-6H2. The largest absolute Gasteiger partial charge is 0.135 e. The average Bonchev–Trinajstić information content (AvgIpc) is 2.62. The molecule has 0 aromatic heterocycles. The van der Waals surface area contributed by atoms with Gasteiger partial charge in [0.25, 0.3) is 0 Å². The van der Waals surface area contributed by atoms with Gasteiger partial charge in [-0.15, -0.1) is 18.2 Å². The second-order valence-corrected chi connectivity index (χ2v) is 4.42. The summed E-state index contributed by atoms with van der Waals surface area (Å²) in [5, 5.41) is 0.844. The van der Waals surface area contributed by atoms with Gasteiger partial charge in [-0.25, -0.2) is 0 Å². The van der Waals surface area contributed by atoms with Crippen molar-refractivity contribution >= 4 is 11.8 Å². The number of fused-ring (bicyclic) bond motifs is 1. The smallest absolute Gasteiger partial charge is 0.0884 e. The highest BCUT2D eigenvalue weighted by Gasteiger charge is 2.54. The monoisotopic (exact) mass is 138 g/mol. The minimum absolute atomic E-state index is 0.332. The van der Waals surface area contributed by atoms with Crippen molar-refractivity contribution in [1.29, 1.82) is 0 Å². The predicted octanol–water partition coefficient (Wildman–Crippen LogP) is 2.05. The summed E-state index contributed by atoms with van der Waals surface area (Å²) in [7, 11) is 0. The molecule has 0 nitrogen and oxygen atoms in total. The molecule has 0 aromatic rings. The fourth-order valence-corrected chi connectivity index (χ4v) is 3.01. The Kier molecular flexibility index (Phi) is 1.07. The van der Waals surface area contributed by atoms with E-state index in [1.807, 2.05) is 11.8 Å². The van der Waals surface area contributed by atoms with Crippen LogP contribution in [-0.4, -0.2) is 10.00 Å². The molecule has 0 radical (unpaired) electrons. The van der Waals surface area contributed by atoms with E-state index >= 15 is 0 Å². The first-order chi connectivity index (χ1) is 4.37. The van der Waals surface area contributed by atoms with Gasteiger partial charge in [0.15, 0.2) is 0 Å². The van der Waals surface area contributed by atoms with Crippen molar-refractivity contribution in [2.75, 3.05) is 0 Å². The second-order valence-electron chi connectivity index (χ2n) is 2.89. The van der Waals surface area contributed by atoms with E-state index in [2.05, 4.69) is 5.92 Å². The third kappa shape index (κ3) is 0.697. The molecule has 2 aliphatic rings. The van der Waals surface area contributed by atoms with Crippen LogP contribution in [0.2, 0.25) is 0 Å². The van der Waals surface area contributed by atoms with Gasteiger partial charge in [0.1, 0.15) is 0 Å². The quantitative estimate of drug-likeness (QED) is 0.364. The summed E-state index contributed by atoms with van der Waals surface area (Å²) < 4.78 is 0.332. The number of hydrogen-bond acceptors (Lipinski definition) is 1. The van der Waals surface area contributed by atoms with E-state index in [9.17, 15) is 0 Å². The summed E-state index contributed by atoms with van der Waals surface area (Å²) >= 11 is 2.01. The van der Waals surface area contributed by atoms with Crippen LogP contribution < -0.4 is 0 Å². The van der Waals surface area contributed by atoms with Crippen LogP contribution in [0.15, 0.2) is 0 Å². The predicted molar refractivity (Wildman–Crippen MR) is 41.4 cm³/mol. The number of hydrogen-bond donors (Lipinski definition) is 0. The molecule has 2 rings (SSSR count). The van der Waals surface area contributed by atoms with Gasteiger partial charge >= 0.3 is 0 Å². The summed E-state index contributed by atoms with van der Waals surface area (Å²) in [4.78, 5) is 0. The molecule has 9 heavy (non-hydrogen) atoms. The topological polar surface area (TPSA) is 0 Å². The number of terminal acetylenes is 1. The highest BCUT2D eigenvalue weighted by molar-refractivity contribution is 8.09. The zero-order valence-corrected chi connectivity index (χ0v) is 6.21. The first kappa shape index (κ1) is 5.68. The van der Waals surface area contributed by atoms with Crippen molar-refractivity contribution in [3.8, 4) is 12.3 Å². The van der Waals surface area contributed by atoms with E-state index in [0.717, 1.165) is 5.25 Å². The molecule has 0 aromatic carbocycles.